The molecule has 0 unspecified atom stereocenters. The Labute approximate surface area is 144 Å². The molecule has 0 saturated carbocycles. The van der Waals surface area contributed by atoms with Crippen molar-refractivity contribution in [1.82, 2.24) is 0 Å². The molecule has 0 saturated heterocycles. The van der Waals surface area contributed by atoms with Crippen LogP contribution in [-0.4, -0.2) is 25.5 Å². The second-order valence-electron chi connectivity index (χ2n) is 5.41. The first kappa shape index (κ1) is 18.5. The highest BCUT2D eigenvalue weighted by Gasteiger charge is 2.22. The normalized spacial score (nSPS) is 11.7. The topological polar surface area (TPSA) is 67.4 Å². The van der Waals surface area contributed by atoms with Gasteiger partial charge in [0.2, 0.25) is 11.8 Å². The van der Waals surface area contributed by atoms with Crippen LogP contribution in [0.25, 0.3) is 0 Å². The lowest BCUT2D eigenvalue weighted by atomic mass is 9.99. The number of anilines is 2. The number of benzene rings is 2. The van der Waals surface area contributed by atoms with Gasteiger partial charge in [0.25, 0.3) is 0 Å². The number of amides is 2. The zero-order valence-electron chi connectivity index (χ0n) is 13.8. The lowest BCUT2D eigenvalue weighted by Crippen LogP contribution is -2.21. The van der Waals surface area contributed by atoms with E-state index in [2.05, 4.69) is 10.6 Å². The zero-order valence-corrected chi connectivity index (χ0v) is 13.8. The maximum Gasteiger partial charge on any atom is 0.250 e. The largest absolute Gasteiger partial charge is 0.375 e. The third kappa shape index (κ3) is 4.84. The van der Waals surface area contributed by atoms with Gasteiger partial charge < -0.3 is 15.4 Å². The number of halogens is 2. The fourth-order valence-corrected chi connectivity index (χ4v) is 2.31. The van der Waals surface area contributed by atoms with Crippen LogP contribution >= 0.6 is 0 Å². The van der Waals surface area contributed by atoms with E-state index in [1.54, 1.807) is 18.2 Å². The zero-order chi connectivity index (χ0) is 18.4. The summed E-state index contributed by atoms with van der Waals surface area (Å²) >= 11 is 0. The van der Waals surface area contributed by atoms with Crippen LogP contribution in [-0.2, 0) is 14.3 Å². The predicted molar refractivity (Wildman–Crippen MR) is 90.4 cm³/mol. The molecule has 5 nitrogen and oxygen atoms in total. The first-order valence-electron chi connectivity index (χ1n) is 7.56. The average Bonchev–Trinajstić information content (AvgIpc) is 2.55. The number of hydrogen-bond acceptors (Lipinski definition) is 3. The van der Waals surface area contributed by atoms with Crippen LogP contribution in [0.3, 0.4) is 0 Å². The van der Waals surface area contributed by atoms with Crippen LogP contribution in [0, 0.1) is 11.6 Å². The van der Waals surface area contributed by atoms with Crippen molar-refractivity contribution in [1.29, 1.82) is 0 Å². The monoisotopic (exact) mass is 348 g/mol. The Kier molecular flexibility index (Phi) is 6.19. The van der Waals surface area contributed by atoms with Crippen molar-refractivity contribution < 1.29 is 23.1 Å². The average molecular weight is 348 g/mol. The van der Waals surface area contributed by atoms with Crippen molar-refractivity contribution in [3.8, 4) is 0 Å². The van der Waals surface area contributed by atoms with Crippen LogP contribution in [0.4, 0.5) is 20.2 Å². The lowest BCUT2D eigenvalue weighted by Gasteiger charge is -2.15. The Morgan fingerprint density at radius 2 is 1.60 bits per heavy atom. The second-order valence-corrected chi connectivity index (χ2v) is 5.41. The van der Waals surface area contributed by atoms with Crippen LogP contribution in [0.5, 0.6) is 0 Å². The minimum absolute atomic E-state index is 0.0970. The van der Waals surface area contributed by atoms with Gasteiger partial charge in [-0.25, -0.2) is 8.78 Å². The van der Waals surface area contributed by atoms with Gasteiger partial charge in [0.15, 0.2) is 0 Å². The molecule has 0 aliphatic carbocycles. The Bertz CT molecular complexity index is 760. The molecule has 2 rings (SSSR count). The Hall–Kier alpha value is -2.80. The first-order valence-corrected chi connectivity index (χ1v) is 7.56. The van der Waals surface area contributed by atoms with E-state index in [4.69, 9.17) is 4.74 Å². The molecule has 132 valence electrons. The van der Waals surface area contributed by atoms with Crippen LogP contribution in [0.2, 0.25) is 0 Å². The number of carbonyl (C=O) groups excluding carboxylic acids is 2. The van der Waals surface area contributed by atoms with E-state index < -0.39 is 23.5 Å². The van der Waals surface area contributed by atoms with E-state index in [9.17, 15) is 18.4 Å². The SMILES string of the molecule is COCC(=O)Nc1cccc(NC(=O)[C@@H](C)c2c(F)cccc2F)c1. The van der Waals surface area contributed by atoms with Crippen molar-refractivity contribution in [2.24, 2.45) is 0 Å². The molecule has 0 heterocycles. The molecule has 1 atom stereocenters. The lowest BCUT2D eigenvalue weighted by molar-refractivity contribution is -0.119. The molecule has 2 aromatic rings. The molecule has 0 radical (unpaired) electrons. The molecule has 7 heteroatoms. The summed E-state index contributed by atoms with van der Waals surface area (Å²) < 4.78 is 32.3. The fraction of sp³-hybridized carbons (Fsp3) is 0.222. The predicted octanol–water partition coefficient (Wildman–Crippen LogP) is 3.29. The van der Waals surface area contributed by atoms with Crippen molar-refractivity contribution in [3.05, 3.63) is 59.7 Å². The van der Waals surface area contributed by atoms with Crippen LogP contribution < -0.4 is 10.6 Å². The van der Waals surface area contributed by atoms with Crippen molar-refractivity contribution in [2.75, 3.05) is 24.4 Å². The Morgan fingerprint density at radius 3 is 2.20 bits per heavy atom. The summed E-state index contributed by atoms with van der Waals surface area (Å²) in [5.74, 6) is -3.48. The van der Waals surface area contributed by atoms with E-state index in [0.29, 0.717) is 11.4 Å². The minimum Gasteiger partial charge on any atom is -0.375 e. The van der Waals surface area contributed by atoms with E-state index in [1.165, 1.54) is 26.2 Å². The first-order chi connectivity index (χ1) is 11.9. The fourth-order valence-electron chi connectivity index (χ4n) is 2.31. The molecular formula is C18H18F2N2O3. The van der Waals surface area contributed by atoms with Gasteiger partial charge >= 0.3 is 0 Å². The molecule has 0 fully saturated rings. The molecular weight excluding hydrogens is 330 g/mol. The van der Waals surface area contributed by atoms with Gasteiger partial charge in [-0.2, -0.15) is 0 Å². The maximum absolute atomic E-state index is 13.8. The molecule has 2 aromatic carbocycles. The number of ether oxygens (including phenoxy) is 1. The molecule has 0 spiro atoms. The molecule has 2 N–H and O–H groups in total. The third-order valence-corrected chi connectivity index (χ3v) is 3.52. The summed E-state index contributed by atoms with van der Waals surface area (Å²) in [4.78, 5) is 23.8. The van der Waals surface area contributed by atoms with Crippen LogP contribution in [0.1, 0.15) is 18.4 Å². The number of methoxy groups -OCH3 is 1. The highest BCUT2D eigenvalue weighted by Crippen LogP contribution is 2.24. The van der Waals surface area contributed by atoms with E-state index in [1.807, 2.05) is 0 Å². The van der Waals surface area contributed by atoms with Gasteiger partial charge in [-0.05, 0) is 37.3 Å². The van der Waals surface area contributed by atoms with Crippen molar-refractivity contribution in [3.63, 3.8) is 0 Å². The van der Waals surface area contributed by atoms with E-state index in [-0.39, 0.29) is 18.1 Å². The number of rotatable bonds is 6. The van der Waals surface area contributed by atoms with E-state index >= 15 is 0 Å². The van der Waals surface area contributed by atoms with Gasteiger partial charge in [0, 0.05) is 24.0 Å². The summed E-state index contributed by atoms with van der Waals surface area (Å²) in [5, 5.41) is 5.19. The van der Waals surface area contributed by atoms with Gasteiger partial charge in [-0.3, -0.25) is 9.59 Å². The van der Waals surface area contributed by atoms with Gasteiger partial charge in [-0.15, -0.1) is 0 Å². The highest BCUT2D eigenvalue weighted by molar-refractivity contribution is 5.97. The van der Waals surface area contributed by atoms with Gasteiger partial charge in [0.05, 0.1) is 5.92 Å². The highest BCUT2D eigenvalue weighted by atomic mass is 19.1. The summed E-state index contributed by atoms with van der Waals surface area (Å²) in [6, 6.07) is 9.87. The van der Waals surface area contributed by atoms with Crippen LogP contribution in [0.15, 0.2) is 42.5 Å². The Balaban J connectivity index is 2.11. The van der Waals surface area contributed by atoms with Gasteiger partial charge in [0.1, 0.15) is 18.2 Å². The minimum atomic E-state index is -1.02. The smallest absolute Gasteiger partial charge is 0.250 e. The summed E-state index contributed by atoms with van der Waals surface area (Å²) in [6.07, 6.45) is 0. The third-order valence-electron chi connectivity index (χ3n) is 3.52. The molecule has 0 aromatic heterocycles. The maximum atomic E-state index is 13.8. The number of hydrogen-bond donors (Lipinski definition) is 2. The molecule has 2 amide bonds. The molecule has 0 aliphatic rings. The summed E-state index contributed by atoms with van der Waals surface area (Å²) in [5.41, 5.74) is 0.568. The molecule has 0 aliphatic heterocycles. The quantitative estimate of drug-likeness (QED) is 0.842. The Morgan fingerprint density at radius 1 is 1.04 bits per heavy atom. The van der Waals surface area contributed by atoms with Crippen molar-refractivity contribution >= 4 is 23.2 Å². The summed E-state index contributed by atoms with van der Waals surface area (Å²) in [6.45, 7) is 1.32. The number of carbonyl (C=O) groups is 2. The second kappa shape index (κ2) is 8.34. The van der Waals surface area contributed by atoms with Gasteiger partial charge in [-0.1, -0.05) is 12.1 Å². The number of nitrogens with one attached hydrogen (secondary N) is 2. The summed E-state index contributed by atoms with van der Waals surface area (Å²) in [7, 11) is 1.40. The molecule has 25 heavy (non-hydrogen) atoms. The molecule has 0 bridgehead atoms. The van der Waals surface area contributed by atoms with E-state index in [0.717, 1.165) is 12.1 Å². The standard InChI is InChI=1S/C18H18F2N2O3/c1-11(17-14(19)7-4-8-15(17)20)18(24)22-13-6-3-5-12(9-13)21-16(23)10-25-2/h3-9,11H,10H2,1-2H3,(H,21,23)(H,22,24)/t11-/m0/s1. The van der Waals surface area contributed by atoms with Crippen molar-refractivity contribution in [2.45, 2.75) is 12.8 Å².